The zero-order chi connectivity index (χ0) is 11.2. The van der Waals surface area contributed by atoms with Gasteiger partial charge in [0.25, 0.3) is 5.89 Å². The molecule has 0 amide bonds. The van der Waals surface area contributed by atoms with E-state index in [0.717, 1.165) is 30.8 Å². The highest BCUT2D eigenvalue weighted by Gasteiger charge is 2.07. The molecule has 16 heavy (non-hydrogen) atoms. The Hall–Kier alpha value is -1.75. The lowest BCUT2D eigenvalue weighted by atomic mass is 10.3. The Kier molecular flexibility index (Phi) is 3.61. The van der Waals surface area contributed by atoms with Crippen LogP contribution < -0.4 is 5.32 Å². The summed E-state index contributed by atoms with van der Waals surface area (Å²) >= 11 is 0. The van der Waals surface area contributed by atoms with Crippen molar-refractivity contribution in [1.82, 2.24) is 20.4 Å². The van der Waals surface area contributed by atoms with Crippen molar-refractivity contribution >= 4 is 0 Å². The summed E-state index contributed by atoms with van der Waals surface area (Å²) in [6, 6.07) is 3.75. The molecular weight excluding hydrogens is 204 g/mol. The predicted molar refractivity (Wildman–Crippen MR) is 59.8 cm³/mol. The molecule has 0 radical (unpaired) electrons. The molecule has 5 nitrogen and oxygen atoms in total. The summed E-state index contributed by atoms with van der Waals surface area (Å²) in [5.41, 5.74) is 0.856. The van der Waals surface area contributed by atoms with Crippen LogP contribution in [0.1, 0.15) is 12.2 Å². The molecule has 1 N–H and O–H groups in total. The maximum absolute atomic E-state index is 5.16. The third-order valence-electron chi connectivity index (χ3n) is 2.20. The molecule has 0 aliphatic heterocycles. The van der Waals surface area contributed by atoms with Crippen molar-refractivity contribution in [3.05, 3.63) is 30.4 Å². The number of hydrogen-bond acceptors (Lipinski definition) is 5. The van der Waals surface area contributed by atoms with Gasteiger partial charge in [-0.2, -0.15) is 4.98 Å². The predicted octanol–water partition coefficient (Wildman–Crippen LogP) is 1.28. The van der Waals surface area contributed by atoms with Crippen LogP contribution in [-0.4, -0.2) is 28.7 Å². The molecule has 0 aromatic carbocycles. The van der Waals surface area contributed by atoms with Gasteiger partial charge in [-0.05, 0) is 32.1 Å². The molecule has 0 bridgehead atoms. The van der Waals surface area contributed by atoms with Crippen molar-refractivity contribution in [3.8, 4) is 11.5 Å². The summed E-state index contributed by atoms with van der Waals surface area (Å²) < 4.78 is 5.16. The van der Waals surface area contributed by atoms with Gasteiger partial charge >= 0.3 is 0 Å². The van der Waals surface area contributed by atoms with Crippen LogP contribution in [0.2, 0.25) is 0 Å². The number of aryl methyl sites for hydroxylation is 1. The average molecular weight is 218 g/mol. The van der Waals surface area contributed by atoms with Crippen molar-refractivity contribution < 1.29 is 4.52 Å². The lowest BCUT2D eigenvalue weighted by Crippen LogP contribution is -2.08. The van der Waals surface area contributed by atoms with Gasteiger partial charge < -0.3 is 9.84 Å². The Morgan fingerprint density at radius 2 is 2.38 bits per heavy atom. The van der Waals surface area contributed by atoms with Crippen molar-refractivity contribution in [2.24, 2.45) is 0 Å². The summed E-state index contributed by atoms with van der Waals surface area (Å²) in [6.45, 7) is 0.955. The van der Waals surface area contributed by atoms with Crippen molar-refractivity contribution in [2.75, 3.05) is 13.6 Å². The monoisotopic (exact) mass is 218 g/mol. The average Bonchev–Trinajstić information content (AvgIpc) is 2.79. The molecule has 0 unspecified atom stereocenters. The SMILES string of the molecule is CNCCCc1noc(-c2cccnc2)n1. The van der Waals surface area contributed by atoms with Crippen LogP contribution in [0.4, 0.5) is 0 Å². The Balaban J connectivity index is 2.02. The molecule has 2 rings (SSSR count). The highest BCUT2D eigenvalue weighted by Crippen LogP contribution is 2.15. The van der Waals surface area contributed by atoms with E-state index in [2.05, 4.69) is 20.4 Å². The first-order chi connectivity index (χ1) is 7.90. The van der Waals surface area contributed by atoms with E-state index in [1.165, 1.54) is 0 Å². The van der Waals surface area contributed by atoms with Gasteiger partial charge in [-0.15, -0.1) is 0 Å². The third-order valence-corrected chi connectivity index (χ3v) is 2.20. The molecule has 0 aliphatic rings. The molecule has 5 heteroatoms. The van der Waals surface area contributed by atoms with Gasteiger partial charge in [0.05, 0.1) is 5.56 Å². The molecule has 2 aromatic rings. The van der Waals surface area contributed by atoms with Gasteiger partial charge in [0.15, 0.2) is 5.82 Å². The number of nitrogens with zero attached hydrogens (tertiary/aromatic N) is 3. The first-order valence-electron chi connectivity index (χ1n) is 5.28. The standard InChI is InChI=1S/C11H14N4O/c1-12-6-3-5-10-14-11(16-15-10)9-4-2-7-13-8-9/h2,4,7-8,12H,3,5-6H2,1H3. The normalized spacial score (nSPS) is 10.6. The number of nitrogens with one attached hydrogen (secondary N) is 1. The topological polar surface area (TPSA) is 63.8 Å². The largest absolute Gasteiger partial charge is 0.334 e. The first kappa shape index (κ1) is 10.8. The smallest absolute Gasteiger partial charge is 0.259 e. The molecular formula is C11H14N4O. The van der Waals surface area contributed by atoms with Crippen LogP contribution in [0.25, 0.3) is 11.5 Å². The van der Waals surface area contributed by atoms with E-state index >= 15 is 0 Å². The Labute approximate surface area is 93.9 Å². The minimum absolute atomic E-state index is 0.535. The van der Waals surface area contributed by atoms with E-state index in [4.69, 9.17) is 4.52 Å². The maximum Gasteiger partial charge on any atom is 0.259 e. The highest BCUT2D eigenvalue weighted by atomic mass is 16.5. The van der Waals surface area contributed by atoms with Crippen LogP contribution in [-0.2, 0) is 6.42 Å². The Bertz CT molecular complexity index is 427. The zero-order valence-electron chi connectivity index (χ0n) is 9.18. The molecule has 0 saturated carbocycles. The van der Waals surface area contributed by atoms with Crippen molar-refractivity contribution in [2.45, 2.75) is 12.8 Å². The van der Waals surface area contributed by atoms with Gasteiger partial charge in [-0.1, -0.05) is 5.16 Å². The van der Waals surface area contributed by atoms with E-state index in [1.54, 1.807) is 12.4 Å². The second kappa shape index (κ2) is 5.37. The number of aromatic nitrogens is 3. The highest BCUT2D eigenvalue weighted by molar-refractivity contribution is 5.50. The quantitative estimate of drug-likeness (QED) is 0.766. The number of hydrogen-bond donors (Lipinski definition) is 1. The van der Waals surface area contributed by atoms with Crippen LogP contribution >= 0.6 is 0 Å². The lowest BCUT2D eigenvalue weighted by molar-refractivity contribution is 0.421. The van der Waals surface area contributed by atoms with Gasteiger partial charge in [0.2, 0.25) is 0 Å². The van der Waals surface area contributed by atoms with Gasteiger partial charge in [-0.25, -0.2) is 0 Å². The Morgan fingerprint density at radius 3 is 3.12 bits per heavy atom. The summed E-state index contributed by atoms with van der Waals surface area (Å²) in [5.74, 6) is 1.28. The van der Waals surface area contributed by atoms with E-state index < -0.39 is 0 Å². The minimum Gasteiger partial charge on any atom is -0.334 e. The van der Waals surface area contributed by atoms with E-state index in [9.17, 15) is 0 Å². The van der Waals surface area contributed by atoms with Gasteiger partial charge in [0, 0.05) is 18.8 Å². The second-order valence-electron chi connectivity index (χ2n) is 3.46. The van der Waals surface area contributed by atoms with Gasteiger partial charge in [-0.3, -0.25) is 4.98 Å². The molecule has 0 aliphatic carbocycles. The van der Waals surface area contributed by atoms with E-state index in [0.29, 0.717) is 5.89 Å². The fourth-order valence-corrected chi connectivity index (χ4v) is 1.39. The van der Waals surface area contributed by atoms with Crippen molar-refractivity contribution in [1.29, 1.82) is 0 Å². The summed E-state index contributed by atoms with van der Waals surface area (Å²) in [5, 5.41) is 7.00. The molecule has 0 spiro atoms. The molecule has 84 valence electrons. The van der Waals surface area contributed by atoms with Crippen LogP contribution in [0.15, 0.2) is 29.0 Å². The number of rotatable bonds is 5. The molecule has 0 atom stereocenters. The molecule has 2 aromatic heterocycles. The lowest BCUT2D eigenvalue weighted by Gasteiger charge is -1.93. The maximum atomic E-state index is 5.16. The zero-order valence-corrected chi connectivity index (χ0v) is 9.18. The number of pyridine rings is 1. The second-order valence-corrected chi connectivity index (χ2v) is 3.46. The van der Waals surface area contributed by atoms with Crippen LogP contribution in [0.5, 0.6) is 0 Å². The fourth-order valence-electron chi connectivity index (χ4n) is 1.39. The summed E-state index contributed by atoms with van der Waals surface area (Å²) in [6.07, 6.45) is 5.26. The first-order valence-corrected chi connectivity index (χ1v) is 5.28. The summed E-state index contributed by atoms with van der Waals surface area (Å²) in [4.78, 5) is 8.31. The minimum atomic E-state index is 0.535. The Morgan fingerprint density at radius 1 is 1.44 bits per heavy atom. The van der Waals surface area contributed by atoms with Crippen LogP contribution in [0, 0.1) is 0 Å². The van der Waals surface area contributed by atoms with Gasteiger partial charge in [0.1, 0.15) is 0 Å². The fraction of sp³-hybridized carbons (Fsp3) is 0.364. The van der Waals surface area contributed by atoms with Crippen LogP contribution in [0.3, 0.4) is 0 Å². The third kappa shape index (κ3) is 2.64. The summed E-state index contributed by atoms with van der Waals surface area (Å²) in [7, 11) is 1.93. The molecule has 0 saturated heterocycles. The van der Waals surface area contributed by atoms with Crippen molar-refractivity contribution in [3.63, 3.8) is 0 Å². The van der Waals surface area contributed by atoms with E-state index in [1.807, 2.05) is 19.2 Å². The molecule has 0 fully saturated rings. The van der Waals surface area contributed by atoms with E-state index in [-0.39, 0.29) is 0 Å². The molecule has 2 heterocycles.